The van der Waals surface area contributed by atoms with E-state index in [4.69, 9.17) is 0 Å². The van der Waals surface area contributed by atoms with Crippen LogP contribution in [-0.2, 0) is 14.8 Å². The third-order valence-corrected chi connectivity index (χ3v) is 5.42. The Kier molecular flexibility index (Phi) is 7.39. The Morgan fingerprint density at radius 2 is 1.76 bits per heavy atom. The van der Waals surface area contributed by atoms with E-state index in [0.717, 1.165) is 28.1 Å². The van der Waals surface area contributed by atoms with Crippen molar-refractivity contribution in [3.05, 3.63) is 59.2 Å². The Morgan fingerprint density at radius 1 is 1.07 bits per heavy atom. The van der Waals surface area contributed by atoms with Crippen LogP contribution in [0, 0.1) is 13.8 Å². The maximum Gasteiger partial charge on any atom is 0.253 e. The third-order valence-electron chi connectivity index (χ3n) is 4.29. The van der Waals surface area contributed by atoms with Crippen LogP contribution in [0.3, 0.4) is 0 Å². The van der Waals surface area contributed by atoms with Gasteiger partial charge in [-0.25, -0.2) is 8.42 Å². The van der Waals surface area contributed by atoms with Crippen molar-refractivity contribution in [2.24, 2.45) is 0 Å². The summed E-state index contributed by atoms with van der Waals surface area (Å²) in [6, 6.07) is 12.0. The predicted molar refractivity (Wildman–Crippen MR) is 116 cm³/mol. The first-order chi connectivity index (χ1) is 13.6. The normalized spacial score (nSPS) is 11.0. The number of para-hydroxylation sites is 1. The molecule has 0 heterocycles. The summed E-state index contributed by atoms with van der Waals surface area (Å²) in [6.45, 7) is 5.78. The minimum absolute atomic E-state index is 0.294. The molecular weight excluding hydrogens is 390 g/mol. The van der Waals surface area contributed by atoms with Crippen molar-refractivity contribution >= 4 is 33.2 Å². The van der Waals surface area contributed by atoms with E-state index in [0.29, 0.717) is 23.5 Å². The summed E-state index contributed by atoms with van der Waals surface area (Å²) in [6.07, 6.45) is 1.85. The minimum atomic E-state index is -3.69. The van der Waals surface area contributed by atoms with Gasteiger partial charge in [-0.3, -0.25) is 13.9 Å². The molecule has 2 aromatic rings. The number of nitrogens with zero attached hydrogens (tertiary/aromatic N) is 1. The zero-order chi connectivity index (χ0) is 21.6. The summed E-state index contributed by atoms with van der Waals surface area (Å²) in [5, 5.41) is 5.43. The molecule has 0 fully saturated rings. The summed E-state index contributed by atoms with van der Waals surface area (Å²) >= 11 is 0. The van der Waals surface area contributed by atoms with Gasteiger partial charge >= 0.3 is 0 Å². The molecule has 0 spiro atoms. The van der Waals surface area contributed by atoms with Gasteiger partial charge < -0.3 is 10.6 Å². The zero-order valence-electron chi connectivity index (χ0n) is 17.2. The molecule has 8 heteroatoms. The van der Waals surface area contributed by atoms with Gasteiger partial charge in [0.05, 0.1) is 23.2 Å². The molecule has 0 aliphatic carbocycles. The number of sulfonamides is 1. The highest BCUT2D eigenvalue weighted by Crippen LogP contribution is 2.24. The Hall–Kier alpha value is -2.87. The highest BCUT2D eigenvalue weighted by atomic mass is 32.2. The van der Waals surface area contributed by atoms with Crippen molar-refractivity contribution in [1.82, 2.24) is 5.32 Å². The number of rotatable bonds is 8. The molecule has 0 saturated carbocycles. The molecule has 2 rings (SSSR count). The lowest BCUT2D eigenvalue weighted by Crippen LogP contribution is -2.38. The Morgan fingerprint density at radius 3 is 2.38 bits per heavy atom. The average Bonchev–Trinajstić information content (AvgIpc) is 2.64. The van der Waals surface area contributed by atoms with Crippen LogP contribution in [0.25, 0.3) is 0 Å². The van der Waals surface area contributed by atoms with Crippen LogP contribution in [0.4, 0.5) is 11.4 Å². The first-order valence-corrected chi connectivity index (χ1v) is 11.2. The molecule has 0 radical (unpaired) electrons. The number of carbonyl (C=O) groups excluding carboxylic acids is 2. The molecule has 0 atom stereocenters. The second-order valence-corrected chi connectivity index (χ2v) is 8.82. The lowest BCUT2D eigenvalue weighted by Gasteiger charge is -2.24. The SMILES string of the molecule is CCCNC(=O)c1ccccc1NC(=O)CN(c1ccc(C)cc1C)S(C)(=O)=O. The maximum absolute atomic E-state index is 12.7. The molecule has 29 heavy (non-hydrogen) atoms. The Balaban J connectivity index is 2.25. The van der Waals surface area contributed by atoms with Gasteiger partial charge in [-0.1, -0.05) is 36.8 Å². The number of benzene rings is 2. The smallest absolute Gasteiger partial charge is 0.253 e. The lowest BCUT2D eigenvalue weighted by molar-refractivity contribution is -0.114. The second-order valence-electron chi connectivity index (χ2n) is 6.91. The zero-order valence-corrected chi connectivity index (χ0v) is 18.0. The number of hydrogen-bond acceptors (Lipinski definition) is 4. The molecule has 156 valence electrons. The van der Waals surface area contributed by atoms with Gasteiger partial charge in [0.2, 0.25) is 15.9 Å². The van der Waals surface area contributed by atoms with E-state index in [1.807, 2.05) is 19.9 Å². The molecule has 2 N–H and O–H groups in total. The van der Waals surface area contributed by atoms with Crippen LogP contribution in [0.15, 0.2) is 42.5 Å². The summed E-state index contributed by atoms with van der Waals surface area (Å²) in [5.41, 5.74) is 2.85. The van der Waals surface area contributed by atoms with Crippen LogP contribution in [0.5, 0.6) is 0 Å². The van der Waals surface area contributed by atoms with Crippen molar-refractivity contribution in [3.8, 4) is 0 Å². The van der Waals surface area contributed by atoms with E-state index in [2.05, 4.69) is 10.6 Å². The molecule has 2 aromatic carbocycles. The van der Waals surface area contributed by atoms with E-state index in [1.165, 1.54) is 0 Å². The van der Waals surface area contributed by atoms with Crippen LogP contribution >= 0.6 is 0 Å². The first-order valence-electron chi connectivity index (χ1n) is 9.35. The molecule has 0 aromatic heterocycles. The largest absolute Gasteiger partial charge is 0.352 e. The Bertz CT molecular complexity index is 1000. The van der Waals surface area contributed by atoms with Crippen molar-refractivity contribution in [1.29, 1.82) is 0 Å². The summed E-state index contributed by atoms with van der Waals surface area (Å²) in [5.74, 6) is -0.830. The highest BCUT2D eigenvalue weighted by molar-refractivity contribution is 7.92. The van der Waals surface area contributed by atoms with E-state index >= 15 is 0 Å². The van der Waals surface area contributed by atoms with Gasteiger partial charge in [0, 0.05) is 6.54 Å². The van der Waals surface area contributed by atoms with Crippen molar-refractivity contribution in [2.45, 2.75) is 27.2 Å². The molecule has 7 nitrogen and oxygen atoms in total. The summed E-state index contributed by atoms with van der Waals surface area (Å²) in [4.78, 5) is 25.0. The number of hydrogen-bond donors (Lipinski definition) is 2. The number of aryl methyl sites for hydroxylation is 2. The fourth-order valence-electron chi connectivity index (χ4n) is 2.91. The van der Waals surface area contributed by atoms with Crippen molar-refractivity contribution in [3.63, 3.8) is 0 Å². The molecule has 0 aliphatic heterocycles. The quantitative estimate of drug-likeness (QED) is 0.690. The van der Waals surface area contributed by atoms with Gasteiger partial charge in [-0.15, -0.1) is 0 Å². The minimum Gasteiger partial charge on any atom is -0.352 e. The number of nitrogens with one attached hydrogen (secondary N) is 2. The summed E-state index contributed by atoms with van der Waals surface area (Å²) < 4.78 is 25.7. The van der Waals surface area contributed by atoms with E-state index in [9.17, 15) is 18.0 Å². The maximum atomic E-state index is 12.7. The van der Waals surface area contributed by atoms with E-state index < -0.39 is 22.5 Å². The standard InChI is InChI=1S/C21H27N3O4S/c1-5-12-22-21(26)17-8-6-7-9-18(17)23-20(25)14-24(29(4,27)28)19-11-10-15(2)13-16(19)3/h6-11,13H,5,12,14H2,1-4H3,(H,22,26)(H,23,25). The molecule has 0 saturated heterocycles. The summed E-state index contributed by atoms with van der Waals surface area (Å²) in [7, 11) is -3.69. The molecule has 2 amide bonds. The van der Waals surface area contributed by atoms with Crippen molar-refractivity contribution in [2.75, 3.05) is 29.0 Å². The predicted octanol–water partition coefficient (Wildman–Crippen LogP) is 2.85. The van der Waals surface area contributed by atoms with E-state index in [1.54, 1.807) is 43.3 Å². The fourth-order valence-corrected chi connectivity index (χ4v) is 3.82. The topological polar surface area (TPSA) is 95.6 Å². The lowest BCUT2D eigenvalue weighted by atomic mass is 10.1. The van der Waals surface area contributed by atoms with Gasteiger partial charge in [-0.2, -0.15) is 0 Å². The number of carbonyl (C=O) groups is 2. The molecular formula is C21H27N3O4S. The number of anilines is 2. The van der Waals surface area contributed by atoms with Crippen LogP contribution < -0.4 is 14.9 Å². The van der Waals surface area contributed by atoms with Gasteiger partial charge in [0.25, 0.3) is 5.91 Å². The molecule has 0 bridgehead atoms. The second kappa shape index (κ2) is 9.56. The number of amides is 2. The van der Waals surface area contributed by atoms with E-state index in [-0.39, 0.29) is 5.91 Å². The van der Waals surface area contributed by atoms with Gasteiger partial charge in [0.15, 0.2) is 0 Å². The fraction of sp³-hybridized carbons (Fsp3) is 0.333. The first kappa shape index (κ1) is 22.4. The molecule has 0 unspecified atom stereocenters. The van der Waals surface area contributed by atoms with Gasteiger partial charge in [0.1, 0.15) is 6.54 Å². The third kappa shape index (κ3) is 6.05. The van der Waals surface area contributed by atoms with Crippen LogP contribution in [0.1, 0.15) is 34.8 Å². The monoisotopic (exact) mass is 417 g/mol. The van der Waals surface area contributed by atoms with Crippen LogP contribution in [-0.4, -0.2) is 39.6 Å². The average molecular weight is 418 g/mol. The highest BCUT2D eigenvalue weighted by Gasteiger charge is 2.23. The van der Waals surface area contributed by atoms with Crippen molar-refractivity contribution < 1.29 is 18.0 Å². The van der Waals surface area contributed by atoms with Crippen LogP contribution in [0.2, 0.25) is 0 Å². The van der Waals surface area contributed by atoms with Gasteiger partial charge in [-0.05, 0) is 44.0 Å². The Labute approximate surface area is 172 Å². The molecule has 0 aliphatic rings.